The number of benzene rings is 1. The largest absolute Gasteiger partial charge is 0.479 e. The van der Waals surface area contributed by atoms with Gasteiger partial charge in [-0.2, -0.15) is 0 Å². The van der Waals surface area contributed by atoms with Crippen LogP contribution in [0.1, 0.15) is 87.9 Å². The molecule has 38 heavy (non-hydrogen) atoms. The van der Waals surface area contributed by atoms with E-state index in [9.17, 15) is 9.90 Å². The minimum atomic E-state index is -1.17. The molecule has 2 fully saturated rings. The Kier molecular flexibility index (Phi) is 7.12. The maximum Gasteiger partial charge on any atom is 0.337 e. The molecule has 0 amide bonds. The minimum absolute atomic E-state index is 0.0822. The van der Waals surface area contributed by atoms with Gasteiger partial charge >= 0.3 is 5.97 Å². The summed E-state index contributed by atoms with van der Waals surface area (Å²) < 4.78 is 14.9. The van der Waals surface area contributed by atoms with Crippen molar-refractivity contribution in [1.29, 1.82) is 0 Å². The number of carboxylic acid groups (broad SMARTS) is 1. The average molecular weight is 539 g/mol. The molecule has 1 saturated carbocycles. The van der Waals surface area contributed by atoms with Crippen LogP contribution in [-0.4, -0.2) is 37.9 Å². The Balaban J connectivity index is 1.66. The smallest absolute Gasteiger partial charge is 0.337 e. The van der Waals surface area contributed by atoms with Crippen LogP contribution in [0, 0.1) is 20.8 Å². The van der Waals surface area contributed by atoms with Crippen molar-refractivity contribution in [2.45, 2.75) is 110 Å². The average Bonchev–Trinajstić information content (AvgIpc) is 3.06. The molecule has 1 saturated heterocycles. The summed E-state index contributed by atoms with van der Waals surface area (Å²) in [5.41, 5.74) is 5.47. The predicted octanol–water partition coefficient (Wildman–Crippen LogP) is 7.71. The van der Waals surface area contributed by atoms with E-state index in [-0.39, 0.29) is 11.7 Å². The maximum atomic E-state index is 12.6. The Morgan fingerprint density at radius 2 is 1.82 bits per heavy atom. The number of aryl methyl sites for hydroxylation is 2. The fourth-order valence-corrected chi connectivity index (χ4v) is 6.55. The summed E-state index contributed by atoms with van der Waals surface area (Å²) in [4.78, 5) is 17.7. The highest BCUT2D eigenvalue weighted by molar-refractivity contribution is 6.30. The molecule has 1 aliphatic heterocycles. The molecule has 2 aromatic heterocycles. The first-order chi connectivity index (χ1) is 17.9. The lowest BCUT2D eigenvalue weighted by molar-refractivity contribution is -0.223. The van der Waals surface area contributed by atoms with Crippen LogP contribution in [0.25, 0.3) is 22.2 Å². The first kappa shape index (κ1) is 27.2. The van der Waals surface area contributed by atoms with Crippen LogP contribution in [0.5, 0.6) is 0 Å². The molecule has 1 unspecified atom stereocenters. The zero-order chi connectivity index (χ0) is 27.4. The van der Waals surface area contributed by atoms with Gasteiger partial charge in [-0.3, -0.25) is 0 Å². The zero-order valence-electron chi connectivity index (χ0n) is 23.4. The van der Waals surface area contributed by atoms with Crippen LogP contribution >= 0.6 is 11.6 Å². The number of hydrogen-bond donors (Lipinski definition) is 1. The molecule has 0 radical (unpaired) electrons. The van der Waals surface area contributed by atoms with Gasteiger partial charge in [0.25, 0.3) is 0 Å². The van der Waals surface area contributed by atoms with Gasteiger partial charge in [-0.1, -0.05) is 43.0 Å². The summed E-state index contributed by atoms with van der Waals surface area (Å²) in [5.74, 6) is -1.03. The molecule has 3 heterocycles. The first-order valence-corrected chi connectivity index (χ1v) is 14.1. The summed E-state index contributed by atoms with van der Waals surface area (Å²) >= 11 is 6.24. The van der Waals surface area contributed by atoms with Crippen molar-refractivity contribution in [1.82, 2.24) is 9.55 Å². The number of rotatable bonds is 6. The fraction of sp³-hybridized carbons (Fsp3) is 0.548. The Morgan fingerprint density at radius 1 is 1.18 bits per heavy atom. The number of aliphatic carboxylic acids is 1. The van der Waals surface area contributed by atoms with E-state index in [2.05, 4.69) is 18.4 Å². The van der Waals surface area contributed by atoms with Gasteiger partial charge in [0.15, 0.2) is 6.10 Å². The van der Waals surface area contributed by atoms with Crippen LogP contribution in [0.2, 0.25) is 5.02 Å². The highest BCUT2D eigenvalue weighted by Gasteiger charge is 2.46. The number of nitrogens with zero attached hydrogens (tertiary/aromatic N) is 2. The molecule has 5 rings (SSSR count). The normalized spacial score (nSPS) is 20.0. The van der Waals surface area contributed by atoms with Crippen LogP contribution in [0.15, 0.2) is 24.3 Å². The number of pyridine rings is 1. The molecule has 2 atom stereocenters. The lowest BCUT2D eigenvalue weighted by Crippen LogP contribution is -2.53. The second kappa shape index (κ2) is 9.96. The Hall–Kier alpha value is -2.41. The van der Waals surface area contributed by atoms with Crippen molar-refractivity contribution < 1.29 is 19.4 Å². The molecule has 204 valence electrons. The highest BCUT2D eigenvalue weighted by Crippen LogP contribution is 2.46. The molecule has 1 spiro atoms. The predicted molar refractivity (Wildman–Crippen MR) is 151 cm³/mol. The van der Waals surface area contributed by atoms with E-state index in [0.717, 1.165) is 46.4 Å². The van der Waals surface area contributed by atoms with E-state index < -0.39 is 17.7 Å². The van der Waals surface area contributed by atoms with Crippen molar-refractivity contribution in [2.75, 3.05) is 0 Å². The summed E-state index contributed by atoms with van der Waals surface area (Å²) in [5, 5.41) is 11.9. The fourth-order valence-electron chi connectivity index (χ4n) is 6.42. The molecule has 0 bridgehead atoms. The van der Waals surface area contributed by atoms with E-state index >= 15 is 0 Å². The molecule has 7 heteroatoms. The standard InChI is InChI=1S/C31H39ClN2O4/c1-18-20(3)34(17-23-16-31(37-23)14-8-7-9-15-31)28-24(18)26(21-10-12-22(32)13-11-21)25(19(2)33-28)27(29(35)36)38-30(4,5)6/h10-13,23,27H,7-9,14-17H2,1-6H3,(H,35,36)/t23?,27-/m0/s1. The van der Waals surface area contributed by atoms with Gasteiger partial charge in [-0.05, 0) is 77.6 Å². The van der Waals surface area contributed by atoms with E-state index in [0.29, 0.717) is 16.3 Å². The number of carbonyl (C=O) groups is 1. The number of fused-ring (bicyclic) bond motifs is 1. The zero-order valence-corrected chi connectivity index (χ0v) is 24.1. The number of carboxylic acids is 1. The van der Waals surface area contributed by atoms with Gasteiger partial charge in [-0.15, -0.1) is 0 Å². The first-order valence-electron chi connectivity index (χ1n) is 13.7. The summed E-state index contributed by atoms with van der Waals surface area (Å²) in [6, 6.07) is 7.58. The minimum Gasteiger partial charge on any atom is -0.479 e. The summed E-state index contributed by atoms with van der Waals surface area (Å²) in [6.45, 7) is 12.5. The number of hydrogen-bond acceptors (Lipinski definition) is 4. The van der Waals surface area contributed by atoms with Crippen molar-refractivity contribution in [3.05, 3.63) is 51.8 Å². The number of ether oxygens (including phenoxy) is 2. The number of halogens is 1. The maximum absolute atomic E-state index is 12.6. The lowest BCUT2D eigenvalue weighted by atomic mass is 9.76. The Morgan fingerprint density at radius 3 is 2.39 bits per heavy atom. The van der Waals surface area contributed by atoms with Gasteiger partial charge in [0.1, 0.15) is 5.65 Å². The van der Waals surface area contributed by atoms with E-state index in [1.807, 2.05) is 52.0 Å². The van der Waals surface area contributed by atoms with Crippen molar-refractivity contribution in [3.63, 3.8) is 0 Å². The van der Waals surface area contributed by atoms with Crippen LogP contribution in [0.3, 0.4) is 0 Å². The lowest BCUT2D eigenvalue weighted by Gasteiger charge is -2.50. The van der Waals surface area contributed by atoms with Gasteiger partial charge < -0.3 is 19.1 Å². The van der Waals surface area contributed by atoms with Crippen molar-refractivity contribution in [2.24, 2.45) is 0 Å². The van der Waals surface area contributed by atoms with Crippen LogP contribution in [-0.2, 0) is 20.8 Å². The molecule has 1 N–H and O–H groups in total. The Labute approximate surface area is 230 Å². The summed E-state index contributed by atoms with van der Waals surface area (Å²) in [7, 11) is 0. The van der Waals surface area contributed by atoms with Crippen molar-refractivity contribution >= 4 is 28.6 Å². The van der Waals surface area contributed by atoms with Gasteiger partial charge in [0.05, 0.1) is 23.9 Å². The third-order valence-corrected chi connectivity index (χ3v) is 8.49. The van der Waals surface area contributed by atoms with Gasteiger partial charge in [0.2, 0.25) is 0 Å². The quantitative estimate of drug-likeness (QED) is 0.348. The third-order valence-electron chi connectivity index (χ3n) is 8.24. The van der Waals surface area contributed by atoms with Crippen LogP contribution in [0.4, 0.5) is 0 Å². The molecule has 6 nitrogen and oxygen atoms in total. The monoisotopic (exact) mass is 538 g/mol. The topological polar surface area (TPSA) is 73.6 Å². The van der Waals surface area contributed by atoms with E-state index in [4.69, 9.17) is 26.1 Å². The molecular formula is C31H39ClN2O4. The van der Waals surface area contributed by atoms with Gasteiger partial charge in [0, 0.05) is 39.3 Å². The second-order valence-corrected chi connectivity index (χ2v) is 12.6. The third kappa shape index (κ3) is 4.99. The summed E-state index contributed by atoms with van der Waals surface area (Å²) in [6.07, 6.45) is 6.25. The molecule has 1 aromatic carbocycles. The molecule has 3 aromatic rings. The molecular weight excluding hydrogens is 500 g/mol. The SMILES string of the molecule is Cc1nc2c(c(C)c(C)n2CC2CC3(CCCCC3)O2)c(-c2ccc(Cl)cc2)c1[C@H](OC(C)(C)C)C(=O)O. The van der Waals surface area contributed by atoms with E-state index in [1.54, 1.807) is 0 Å². The highest BCUT2D eigenvalue weighted by atomic mass is 35.5. The number of aromatic nitrogens is 2. The van der Waals surface area contributed by atoms with Gasteiger partial charge in [-0.25, -0.2) is 9.78 Å². The second-order valence-electron chi connectivity index (χ2n) is 12.1. The molecule has 1 aliphatic carbocycles. The molecule has 2 aliphatic rings. The van der Waals surface area contributed by atoms with E-state index in [1.165, 1.54) is 32.1 Å². The Bertz CT molecular complexity index is 1360. The van der Waals surface area contributed by atoms with Crippen LogP contribution < -0.4 is 0 Å². The van der Waals surface area contributed by atoms with Crippen molar-refractivity contribution in [3.8, 4) is 11.1 Å².